The Kier molecular flexibility index (Phi) is 6.77. The average molecular weight is 339 g/mol. The van der Waals surface area contributed by atoms with Crippen LogP contribution in [-0.4, -0.2) is 25.2 Å². The molecular formula is C20H21NO4. The first-order valence-electron chi connectivity index (χ1n) is 8.12. The van der Waals surface area contributed by atoms with E-state index >= 15 is 0 Å². The fraction of sp³-hybridized carbons (Fsp3) is 0.200. The van der Waals surface area contributed by atoms with E-state index in [9.17, 15) is 9.59 Å². The van der Waals surface area contributed by atoms with Crippen molar-refractivity contribution in [2.24, 2.45) is 0 Å². The van der Waals surface area contributed by atoms with Gasteiger partial charge in [0, 0.05) is 17.6 Å². The van der Waals surface area contributed by atoms with Crippen molar-refractivity contribution in [1.82, 2.24) is 0 Å². The number of esters is 2. The highest BCUT2D eigenvalue weighted by Crippen LogP contribution is 2.26. The number of para-hydroxylation sites is 2. The summed E-state index contributed by atoms with van der Waals surface area (Å²) in [5, 5.41) is 0. The number of hydrogen-bond acceptors (Lipinski definition) is 5. The molecule has 2 aromatic carbocycles. The standard InChI is InChI=1S/C20H21NO4/c1-3-24-19(22)18(20(23)25-4-2)15-21(16-11-7-5-8-12-16)17-13-9-6-10-14-17/h5-15H,3-4H2,1-2H3. The van der Waals surface area contributed by atoms with Crippen molar-refractivity contribution in [3.05, 3.63) is 72.4 Å². The quantitative estimate of drug-likeness (QED) is 0.332. The molecule has 0 atom stereocenters. The smallest absolute Gasteiger partial charge is 0.347 e. The van der Waals surface area contributed by atoms with Gasteiger partial charge < -0.3 is 14.4 Å². The van der Waals surface area contributed by atoms with Crippen LogP contribution >= 0.6 is 0 Å². The topological polar surface area (TPSA) is 55.8 Å². The molecule has 0 bridgehead atoms. The number of benzene rings is 2. The van der Waals surface area contributed by atoms with Crippen molar-refractivity contribution >= 4 is 23.3 Å². The maximum Gasteiger partial charge on any atom is 0.347 e. The first-order chi connectivity index (χ1) is 12.2. The predicted molar refractivity (Wildman–Crippen MR) is 96.4 cm³/mol. The first-order valence-corrected chi connectivity index (χ1v) is 8.12. The number of anilines is 2. The summed E-state index contributed by atoms with van der Waals surface area (Å²) in [6, 6.07) is 18.9. The maximum absolute atomic E-state index is 12.2. The molecule has 0 N–H and O–H groups in total. The van der Waals surface area contributed by atoms with Crippen molar-refractivity contribution < 1.29 is 19.1 Å². The van der Waals surface area contributed by atoms with Crippen molar-refractivity contribution in [1.29, 1.82) is 0 Å². The molecule has 5 nitrogen and oxygen atoms in total. The van der Waals surface area contributed by atoms with Gasteiger partial charge in [-0.1, -0.05) is 36.4 Å². The molecule has 0 saturated carbocycles. The third kappa shape index (κ3) is 4.94. The summed E-state index contributed by atoms with van der Waals surface area (Å²) in [5.74, 6) is -1.42. The summed E-state index contributed by atoms with van der Waals surface area (Å²) in [6.45, 7) is 3.72. The van der Waals surface area contributed by atoms with E-state index in [1.165, 1.54) is 6.20 Å². The molecule has 0 amide bonds. The summed E-state index contributed by atoms with van der Waals surface area (Å²) < 4.78 is 10.0. The Balaban J connectivity index is 2.51. The van der Waals surface area contributed by atoms with Gasteiger partial charge in [0.15, 0.2) is 5.57 Å². The average Bonchev–Trinajstić information content (AvgIpc) is 2.64. The maximum atomic E-state index is 12.2. The van der Waals surface area contributed by atoms with E-state index in [-0.39, 0.29) is 18.8 Å². The molecule has 0 aliphatic rings. The number of ether oxygens (including phenoxy) is 2. The van der Waals surface area contributed by atoms with Crippen LogP contribution in [0.1, 0.15) is 13.8 Å². The van der Waals surface area contributed by atoms with Crippen LogP contribution in [0.4, 0.5) is 11.4 Å². The van der Waals surface area contributed by atoms with Crippen molar-refractivity contribution in [3.8, 4) is 0 Å². The Bertz CT molecular complexity index is 666. The number of rotatable bonds is 7. The van der Waals surface area contributed by atoms with Gasteiger partial charge in [-0.25, -0.2) is 9.59 Å². The Morgan fingerprint density at radius 2 is 1.20 bits per heavy atom. The molecule has 0 aliphatic carbocycles. The van der Waals surface area contributed by atoms with Gasteiger partial charge in [0.05, 0.1) is 13.2 Å². The van der Waals surface area contributed by atoms with Gasteiger partial charge in [-0.05, 0) is 38.1 Å². The molecule has 130 valence electrons. The second-order valence-corrected chi connectivity index (χ2v) is 5.02. The molecule has 0 heterocycles. The van der Waals surface area contributed by atoms with Gasteiger partial charge >= 0.3 is 11.9 Å². The first kappa shape index (κ1) is 18.3. The summed E-state index contributed by atoms with van der Waals surface area (Å²) in [5.41, 5.74) is 1.45. The minimum atomic E-state index is -0.710. The third-order valence-corrected chi connectivity index (χ3v) is 3.32. The normalized spacial score (nSPS) is 9.84. The lowest BCUT2D eigenvalue weighted by atomic mass is 10.2. The summed E-state index contributed by atoms with van der Waals surface area (Å²) in [4.78, 5) is 26.2. The Labute approximate surface area is 147 Å². The Morgan fingerprint density at radius 1 is 0.800 bits per heavy atom. The molecular weight excluding hydrogens is 318 g/mol. The molecule has 2 aromatic rings. The zero-order valence-electron chi connectivity index (χ0n) is 14.3. The second-order valence-electron chi connectivity index (χ2n) is 5.02. The number of carbonyl (C=O) groups excluding carboxylic acids is 2. The van der Waals surface area contributed by atoms with E-state index in [0.717, 1.165) is 11.4 Å². The van der Waals surface area contributed by atoms with E-state index in [1.54, 1.807) is 18.7 Å². The fourth-order valence-electron chi connectivity index (χ4n) is 2.21. The van der Waals surface area contributed by atoms with Crippen LogP contribution in [0, 0.1) is 0 Å². The molecule has 0 radical (unpaired) electrons. The minimum Gasteiger partial charge on any atom is -0.462 e. The molecule has 0 unspecified atom stereocenters. The molecule has 25 heavy (non-hydrogen) atoms. The highest BCUT2D eigenvalue weighted by Gasteiger charge is 2.23. The van der Waals surface area contributed by atoms with Gasteiger partial charge in [0.2, 0.25) is 0 Å². The summed E-state index contributed by atoms with van der Waals surface area (Å²) >= 11 is 0. The number of hydrogen-bond donors (Lipinski definition) is 0. The minimum absolute atomic E-state index is 0.156. The van der Waals surface area contributed by atoms with Crippen LogP contribution < -0.4 is 4.90 Å². The van der Waals surface area contributed by atoms with Gasteiger partial charge in [0.1, 0.15) is 0 Å². The largest absolute Gasteiger partial charge is 0.462 e. The van der Waals surface area contributed by atoms with E-state index < -0.39 is 11.9 Å². The van der Waals surface area contributed by atoms with E-state index in [1.807, 2.05) is 60.7 Å². The van der Waals surface area contributed by atoms with Gasteiger partial charge in [-0.2, -0.15) is 0 Å². The van der Waals surface area contributed by atoms with E-state index in [2.05, 4.69) is 0 Å². The van der Waals surface area contributed by atoms with Gasteiger partial charge in [-0.3, -0.25) is 0 Å². The summed E-state index contributed by atoms with van der Waals surface area (Å²) in [6.07, 6.45) is 1.46. The van der Waals surface area contributed by atoms with Crippen LogP contribution in [0.3, 0.4) is 0 Å². The Hall–Kier alpha value is -3.08. The number of carbonyl (C=O) groups is 2. The van der Waals surface area contributed by atoms with Gasteiger partial charge in [0.25, 0.3) is 0 Å². The third-order valence-electron chi connectivity index (χ3n) is 3.32. The molecule has 0 aromatic heterocycles. The van der Waals surface area contributed by atoms with Crippen LogP contribution in [0.5, 0.6) is 0 Å². The van der Waals surface area contributed by atoms with E-state index in [4.69, 9.17) is 9.47 Å². The van der Waals surface area contributed by atoms with Gasteiger partial charge in [-0.15, -0.1) is 0 Å². The van der Waals surface area contributed by atoms with Crippen LogP contribution in [0.2, 0.25) is 0 Å². The molecule has 2 rings (SSSR count). The molecule has 0 fully saturated rings. The zero-order valence-corrected chi connectivity index (χ0v) is 14.3. The SMILES string of the molecule is CCOC(=O)C(=CN(c1ccccc1)c1ccccc1)C(=O)OCC. The molecule has 0 spiro atoms. The molecule has 5 heteroatoms. The lowest BCUT2D eigenvalue weighted by molar-refractivity contribution is -0.146. The molecule has 0 saturated heterocycles. The Morgan fingerprint density at radius 3 is 1.56 bits per heavy atom. The van der Waals surface area contributed by atoms with Crippen molar-refractivity contribution in [2.75, 3.05) is 18.1 Å². The van der Waals surface area contributed by atoms with E-state index in [0.29, 0.717) is 0 Å². The molecule has 0 aliphatic heterocycles. The highest BCUT2D eigenvalue weighted by molar-refractivity contribution is 6.14. The predicted octanol–water partition coefficient (Wildman–Crippen LogP) is 3.83. The second kappa shape index (κ2) is 9.27. The van der Waals surface area contributed by atoms with Crippen LogP contribution in [-0.2, 0) is 19.1 Å². The lowest BCUT2D eigenvalue weighted by Gasteiger charge is -2.22. The van der Waals surface area contributed by atoms with Crippen molar-refractivity contribution in [2.45, 2.75) is 13.8 Å². The zero-order chi connectivity index (χ0) is 18.1. The van der Waals surface area contributed by atoms with Crippen LogP contribution in [0.25, 0.3) is 0 Å². The monoisotopic (exact) mass is 339 g/mol. The summed E-state index contributed by atoms with van der Waals surface area (Å²) in [7, 11) is 0. The van der Waals surface area contributed by atoms with Crippen molar-refractivity contribution in [3.63, 3.8) is 0 Å². The highest BCUT2D eigenvalue weighted by atomic mass is 16.6. The fourth-order valence-corrected chi connectivity index (χ4v) is 2.21. The number of nitrogens with zero attached hydrogens (tertiary/aromatic N) is 1. The lowest BCUT2D eigenvalue weighted by Crippen LogP contribution is -2.22. The van der Waals surface area contributed by atoms with Crippen LogP contribution in [0.15, 0.2) is 72.4 Å².